The largest absolute Gasteiger partial charge is 0.494 e. The van der Waals surface area contributed by atoms with Gasteiger partial charge in [-0.2, -0.15) is 0 Å². The number of amides is 2. The number of benzene rings is 3. The van der Waals surface area contributed by atoms with E-state index in [0.29, 0.717) is 24.5 Å². The highest BCUT2D eigenvalue weighted by atomic mass is 79.9. The van der Waals surface area contributed by atoms with E-state index < -0.39 is 34.1 Å². The summed E-state index contributed by atoms with van der Waals surface area (Å²) < 4.78 is 35.2. The fraction of sp³-hybridized carbons (Fsp3) is 0.355. The van der Waals surface area contributed by atoms with Gasteiger partial charge in [-0.05, 0) is 95.1 Å². The highest BCUT2D eigenvalue weighted by Gasteiger charge is 2.33. The zero-order valence-corrected chi connectivity index (χ0v) is 26.5. The maximum absolute atomic E-state index is 14.0. The van der Waals surface area contributed by atoms with E-state index >= 15 is 0 Å². The highest BCUT2D eigenvalue weighted by molar-refractivity contribution is 9.10. The Kier molecular flexibility index (Phi) is 11.0. The van der Waals surface area contributed by atoms with Crippen LogP contribution in [0.2, 0.25) is 0 Å². The Bertz CT molecular complexity index is 1410. The van der Waals surface area contributed by atoms with Gasteiger partial charge in [-0.1, -0.05) is 46.3 Å². The van der Waals surface area contributed by atoms with Gasteiger partial charge in [-0.3, -0.25) is 13.9 Å². The summed E-state index contributed by atoms with van der Waals surface area (Å²) in [4.78, 5) is 28.6. The number of anilines is 1. The monoisotopic (exact) mass is 643 g/mol. The molecule has 2 amide bonds. The quantitative estimate of drug-likeness (QED) is 0.284. The minimum absolute atomic E-state index is 0.0387. The number of carbonyl (C=O) groups excluding carboxylic acids is 2. The first-order chi connectivity index (χ1) is 19.3. The molecule has 0 aliphatic carbocycles. The van der Waals surface area contributed by atoms with Gasteiger partial charge in [0.1, 0.15) is 18.3 Å². The third kappa shape index (κ3) is 9.06. The topological polar surface area (TPSA) is 96.0 Å². The maximum atomic E-state index is 14.0. The van der Waals surface area contributed by atoms with Gasteiger partial charge in [0.25, 0.3) is 10.0 Å². The Morgan fingerprint density at radius 3 is 2.12 bits per heavy atom. The molecule has 0 heterocycles. The van der Waals surface area contributed by atoms with Crippen LogP contribution < -0.4 is 14.4 Å². The Balaban J connectivity index is 1.99. The van der Waals surface area contributed by atoms with Crippen LogP contribution in [-0.2, 0) is 26.0 Å². The number of ether oxygens (including phenoxy) is 1. The molecular formula is C31H38BrN3O5S. The first-order valence-electron chi connectivity index (χ1n) is 13.5. The summed E-state index contributed by atoms with van der Waals surface area (Å²) >= 11 is 3.34. The van der Waals surface area contributed by atoms with Crippen LogP contribution in [0, 0.1) is 0 Å². The van der Waals surface area contributed by atoms with Crippen LogP contribution in [0.1, 0.15) is 40.2 Å². The van der Waals surface area contributed by atoms with E-state index in [0.717, 1.165) is 14.3 Å². The molecule has 0 aromatic heterocycles. The van der Waals surface area contributed by atoms with Gasteiger partial charge in [0, 0.05) is 16.6 Å². The van der Waals surface area contributed by atoms with E-state index in [1.807, 2.05) is 58.0 Å². The molecule has 0 fully saturated rings. The van der Waals surface area contributed by atoms with E-state index in [1.165, 1.54) is 17.0 Å². The molecule has 1 N–H and O–H groups in total. The lowest BCUT2D eigenvalue weighted by molar-refractivity contribution is -0.139. The zero-order valence-electron chi connectivity index (χ0n) is 24.1. The second kappa shape index (κ2) is 14.0. The number of rotatable bonds is 12. The Labute approximate surface area is 251 Å². The van der Waals surface area contributed by atoms with Gasteiger partial charge in [0.05, 0.1) is 17.2 Å². The number of hydrogen-bond donors (Lipinski definition) is 1. The molecular weight excluding hydrogens is 606 g/mol. The van der Waals surface area contributed by atoms with Gasteiger partial charge in [0.2, 0.25) is 11.8 Å². The Hall–Kier alpha value is -3.37. The van der Waals surface area contributed by atoms with Crippen molar-refractivity contribution < 1.29 is 22.7 Å². The molecule has 1 atom stereocenters. The van der Waals surface area contributed by atoms with Gasteiger partial charge in [0.15, 0.2) is 0 Å². The minimum atomic E-state index is -4.14. The normalized spacial score (nSPS) is 12.3. The van der Waals surface area contributed by atoms with E-state index in [4.69, 9.17) is 4.74 Å². The van der Waals surface area contributed by atoms with Gasteiger partial charge >= 0.3 is 0 Å². The zero-order chi connectivity index (χ0) is 30.2. The smallest absolute Gasteiger partial charge is 0.264 e. The standard InChI is InChI=1S/C31H38BrN3O5S/c1-6-40-27-16-14-26(15-17-27)35(41(38,39)28-18-12-25(32)13-19-28)22-29(36)34(21-20-24-10-8-7-9-11-24)23(2)30(37)33-31(3,4)5/h7-19,23H,6,20-22H2,1-5H3,(H,33,37)/t23-/m1/s1. The third-order valence-electron chi connectivity index (χ3n) is 6.27. The van der Waals surface area contributed by atoms with Crippen molar-refractivity contribution in [1.82, 2.24) is 10.2 Å². The van der Waals surface area contributed by atoms with Crippen molar-refractivity contribution in [2.24, 2.45) is 0 Å². The third-order valence-corrected chi connectivity index (χ3v) is 8.58. The molecule has 0 radical (unpaired) electrons. The molecule has 220 valence electrons. The molecule has 10 heteroatoms. The van der Waals surface area contributed by atoms with E-state index in [2.05, 4.69) is 21.2 Å². The first-order valence-corrected chi connectivity index (χ1v) is 15.7. The summed E-state index contributed by atoms with van der Waals surface area (Å²) in [6.45, 7) is 9.33. The number of nitrogens with zero attached hydrogens (tertiary/aromatic N) is 2. The molecule has 0 saturated carbocycles. The van der Waals surface area contributed by atoms with Gasteiger partial charge in [-0.15, -0.1) is 0 Å². The van der Waals surface area contributed by atoms with Gasteiger partial charge < -0.3 is 15.0 Å². The molecule has 3 aromatic carbocycles. The van der Waals surface area contributed by atoms with Crippen LogP contribution in [0.25, 0.3) is 0 Å². The van der Waals surface area contributed by atoms with Crippen molar-refractivity contribution in [1.29, 1.82) is 0 Å². The molecule has 0 saturated heterocycles. The van der Waals surface area contributed by atoms with Crippen LogP contribution in [0.15, 0.2) is 88.2 Å². The molecule has 8 nitrogen and oxygen atoms in total. The van der Waals surface area contributed by atoms with Crippen LogP contribution in [0.4, 0.5) is 5.69 Å². The van der Waals surface area contributed by atoms with Gasteiger partial charge in [-0.25, -0.2) is 8.42 Å². The summed E-state index contributed by atoms with van der Waals surface area (Å²) in [5.41, 5.74) is 0.803. The highest BCUT2D eigenvalue weighted by Crippen LogP contribution is 2.27. The maximum Gasteiger partial charge on any atom is 0.264 e. The summed E-state index contributed by atoms with van der Waals surface area (Å²) in [6.07, 6.45) is 0.502. The van der Waals surface area contributed by atoms with Crippen molar-refractivity contribution in [3.05, 3.63) is 88.9 Å². The van der Waals surface area contributed by atoms with E-state index in [1.54, 1.807) is 43.3 Å². The van der Waals surface area contributed by atoms with Crippen molar-refractivity contribution in [3.8, 4) is 5.75 Å². The van der Waals surface area contributed by atoms with E-state index in [9.17, 15) is 18.0 Å². The van der Waals surface area contributed by atoms with Crippen LogP contribution in [0.3, 0.4) is 0 Å². The first kappa shape index (κ1) is 32.1. The van der Waals surface area contributed by atoms with E-state index in [-0.39, 0.29) is 17.3 Å². The fourth-order valence-electron chi connectivity index (χ4n) is 4.18. The second-order valence-corrected chi connectivity index (χ2v) is 13.4. The summed E-state index contributed by atoms with van der Waals surface area (Å²) in [7, 11) is -4.14. The van der Waals surface area contributed by atoms with Crippen molar-refractivity contribution >= 4 is 43.5 Å². The molecule has 0 aliphatic rings. The summed E-state index contributed by atoms with van der Waals surface area (Å²) in [6, 6.07) is 21.6. The summed E-state index contributed by atoms with van der Waals surface area (Å²) in [5.74, 6) is -0.227. The van der Waals surface area contributed by atoms with Crippen molar-refractivity contribution in [2.75, 3.05) is 24.0 Å². The summed E-state index contributed by atoms with van der Waals surface area (Å²) in [5, 5.41) is 2.93. The predicted molar refractivity (Wildman–Crippen MR) is 166 cm³/mol. The van der Waals surface area contributed by atoms with Crippen molar-refractivity contribution in [3.63, 3.8) is 0 Å². The molecule has 0 aliphatic heterocycles. The number of hydrogen-bond acceptors (Lipinski definition) is 5. The number of halogens is 1. The van der Waals surface area contributed by atoms with Crippen LogP contribution in [-0.4, -0.2) is 56.4 Å². The average molecular weight is 645 g/mol. The fourth-order valence-corrected chi connectivity index (χ4v) is 5.86. The minimum Gasteiger partial charge on any atom is -0.494 e. The predicted octanol–water partition coefficient (Wildman–Crippen LogP) is 5.42. The molecule has 3 aromatic rings. The SMILES string of the molecule is CCOc1ccc(N(CC(=O)N(CCc2ccccc2)[C@H](C)C(=O)NC(C)(C)C)S(=O)(=O)c2ccc(Br)cc2)cc1. The molecule has 3 rings (SSSR count). The lowest BCUT2D eigenvalue weighted by atomic mass is 10.1. The Morgan fingerprint density at radius 2 is 1.56 bits per heavy atom. The van der Waals surface area contributed by atoms with Crippen LogP contribution >= 0.6 is 15.9 Å². The lowest BCUT2D eigenvalue weighted by Gasteiger charge is -2.33. The Morgan fingerprint density at radius 1 is 0.951 bits per heavy atom. The second-order valence-electron chi connectivity index (χ2n) is 10.6. The lowest BCUT2D eigenvalue weighted by Crippen LogP contribution is -2.55. The number of carbonyl (C=O) groups is 2. The molecule has 0 unspecified atom stereocenters. The van der Waals surface area contributed by atoms with Crippen LogP contribution in [0.5, 0.6) is 5.75 Å². The van der Waals surface area contributed by atoms with Crippen molar-refractivity contribution in [2.45, 2.75) is 57.5 Å². The molecule has 41 heavy (non-hydrogen) atoms. The number of sulfonamides is 1. The molecule has 0 spiro atoms. The molecule has 0 bridgehead atoms. The number of nitrogens with one attached hydrogen (secondary N) is 1. The average Bonchev–Trinajstić information content (AvgIpc) is 2.92.